The molecule has 1 aromatic rings. The molecule has 5 heteroatoms. The number of thiophene rings is 1. The fourth-order valence-corrected chi connectivity index (χ4v) is 3.75. The van der Waals surface area contributed by atoms with Gasteiger partial charge in [0.2, 0.25) is 5.91 Å². The largest absolute Gasteiger partial charge is 0.384 e. The van der Waals surface area contributed by atoms with Crippen molar-refractivity contribution in [3.05, 3.63) is 21.9 Å². The maximum atomic E-state index is 11.8. The highest BCUT2D eigenvalue weighted by Gasteiger charge is 2.22. The predicted octanol–water partition coefficient (Wildman–Crippen LogP) is 1.60. The van der Waals surface area contributed by atoms with E-state index >= 15 is 0 Å². The van der Waals surface area contributed by atoms with E-state index in [1.807, 2.05) is 12.1 Å². The Morgan fingerprint density at radius 3 is 3.17 bits per heavy atom. The van der Waals surface area contributed by atoms with Crippen LogP contribution in [0.4, 0.5) is 0 Å². The number of rotatable bonds is 3. The third kappa shape index (κ3) is 3.77. The van der Waals surface area contributed by atoms with Gasteiger partial charge in [0.15, 0.2) is 0 Å². The summed E-state index contributed by atoms with van der Waals surface area (Å²) in [6.07, 6.45) is 2.14. The molecule has 1 amide bonds. The van der Waals surface area contributed by atoms with Gasteiger partial charge < -0.3 is 10.4 Å². The monoisotopic (exact) mass is 281 g/mol. The molecule has 0 aromatic carbocycles. The average molecular weight is 281 g/mol. The van der Waals surface area contributed by atoms with Crippen LogP contribution in [-0.2, 0) is 11.3 Å². The molecule has 0 radical (unpaired) electrons. The van der Waals surface area contributed by atoms with E-state index in [0.717, 1.165) is 28.3 Å². The van der Waals surface area contributed by atoms with E-state index in [9.17, 15) is 4.79 Å². The van der Waals surface area contributed by atoms with E-state index in [0.29, 0.717) is 6.54 Å². The van der Waals surface area contributed by atoms with Gasteiger partial charge in [-0.3, -0.25) is 4.79 Å². The first kappa shape index (κ1) is 13.5. The minimum Gasteiger partial charge on any atom is -0.384 e. The maximum absolute atomic E-state index is 11.8. The van der Waals surface area contributed by atoms with Crippen LogP contribution in [0.15, 0.2) is 12.1 Å². The molecule has 1 saturated heterocycles. The number of aliphatic hydroxyl groups is 1. The zero-order valence-electron chi connectivity index (χ0n) is 9.94. The summed E-state index contributed by atoms with van der Waals surface area (Å²) in [5, 5.41) is 11.7. The number of amides is 1. The molecule has 1 atom stereocenters. The number of thioether (sulfide) groups is 1. The van der Waals surface area contributed by atoms with Crippen LogP contribution in [0.3, 0.4) is 0 Å². The van der Waals surface area contributed by atoms with Gasteiger partial charge in [-0.2, -0.15) is 0 Å². The van der Waals surface area contributed by atoms with Gasteiger partial charge in [-0.15, -0.1) is 23.1 Å². The predicted molar refractivity (Wildman–Crippen MR) is 75.6 cm³/mol. The van der Waals surface area contributed by atoms with Crippen LogP contribution >= 0.6 is 23.1 Å². The first-order chi connectivity index (χ1) is 8.79. The van der Waals surface area contributed by atoms with Crippen molar-refractivity contribution in [2.45, 2.75) is 24.6 Å². The summed E-state index contributed by atoms with van der Waals surface area (Å²) in [6, 6.07) is 3.88. The van der Waals surface area contributed by atoms with Crippen molar-refractivity contribution in [2.75, 3.05) is 12.4 Å². The molecule has 0 saturated carbocycles. The Balaban J connectivity index is 1.82. The van der Waals surface area contributed by atoms with Gasteiger partial charge in [0, 0.05) is 4.88 Å². The summed E-state index contributed by atoms with van der Waals surface area (Å²) in [6.45, 7) is 0.449. The first-order valence-electron chi connectivity index (χ1n) is 5.87. The average Bonchev–Trinajstić information content (AvgIpc) is 3.04. The van der Waals surface area contributed by atoms with Crippen LogP contribution in [0.5, 0.6) is 0 Å². The number of hydrogen-bond acceptors (Lipinski definition) is 4. The van der Waals surface area contributed by atoms with Gasteiger partial charge in [-0.25, -0.2) is 0 Å². The van der Waals surface area contributed by atoms with E-state index in [1.54, 1.807) is 23.1 Å². The molecule has 2 rings (SSSR count). The molecule has 0 bridgehead atoms. The van der Waals surface area contributed by atoms with Gasteiger partial charge in [0.05, 0.1) is 16.7 Å². The second kappa shape index (κ2) is 6.83. The second-order valence-corrected chi connectivity index (χ2v) is 6.42. The summed E-state index contributed by atoms with van der Waals surface area (Å²) in [5.41, 5.74) is 0. The van der Waals surface area contributed by atoms with Crippen LogP contribution in [0.2, 0.25) is 0 Å². The Morgan fingerprint density at radius 1 is 1.56 bits per heavy atom. The van der Waals surface area contributed by atoms with Crippen LogP contribution in [0, 0.1) is 11.8 Å². The summed E-state index contributed by atoms with van der Waals surface area (Å²) >= 11 is 3.29. The molecule has 1 fully saturated rings. The SMILES string of the molecule is O=C(NCc1ccc(C#CCO)s1)C1CCCS1. The molecule has 1 unspecified atom stereocenters. The summed E-state index contributed by atoms with van der Waals surface area (Å²) < 4.78 is 0. The Kier molecular flexibility index (Phi) is 5.12. The lowest BCUT2D eigenvalue weighted by Crippen LogP contribution is -2.30. The van der Waals surface area contributed by atoms with E-state index in [1.165, 1.54) is 0 Å². The number of aliphatic hydroxyl groups excluding tert-OH is 1. The molecular weight excluding hydrogens is 266 g/mol. The Morgan fingerprint density at radius 2 is 2.44 bits per heavy atom. The lowest BCUT2D eigenvalue weighted by molar-refractivity contribution is -0.120. The van der Waals surface area contributed by atoms with Crippen molar-refractivity contribution in [3.63, 3.8) is 0 Å². The lowest BCUT2D eigenvalue weighted by Gasteiger charge is -2.08. The highest BCUT2D eigenvalue weighted by Crippen LogP contribution is 2.26. The molecule has 1 aliphatic heterocycles. The van der Waals surface area contributed by atoms with Gasteiger partial charge in [0.25, 0.3) is 0 Å². The quantitative estimate of drug-likeness (QED) is 0.828. The topological polar surface area (TPSA) is 49.3 Å². The standard InChI is InChI=1S/C13H15NO2S2/c15-7-1-3-10-5-6-11(18-10)9-14-13(16)12-4-2-8-17-12/h5-6,12,15H,2,4,7-9H2,(H,14,16). The normalized spacial score (nSPS) is 18.2. The van der Waals surface area contributed by atoms with Gasteiger partial charge in [-0.05, 0) is 30.7 Å². The zero-order chi connectivity index (χ0) is 12.8. The number of hydrogen-bond donors (Lipinski definition) is 2. The molecular formula is C13H15NO2S2. The van der Waals surface area contributed by atoms with E-state index in [-0.39, 0.29) is 17.8 Å². The number of carbonyl (C=O) groups excluding carboxylic acids is 1. The highest BCUT2D eigenvalue weighted by molar-refractivity contribution is 8.00. The van der Waals surface area contributed by atoms with Crippen molar-refractivity contribution in [2.24, 2.45) is 0 Å². The van der Waals surface area contributed by atoms with Crippen molar-refractivity contribution >= 4 is 29.0 Å². The van der Waals surface area contributed by atoms with Crippen molar-refractivity contribution in [3.8, 4) is 11.8 Å². The van der Waals surface area contributed by atoms with Gasteiger partial charge >= 0.3 is 0 Å². The molecule has 3 nitrogen and oxygen atoms in total. The molecule has 1 aliphatic rings. The van der Waals surface area contributed by atoms with E-state index < -0.39 is 0 Å². The fourth-order valence-electron chi connectivity index (χ4n) is 1.74. The smallest absolute Gasteiger partial charge is 0.233 e. The second-order valence-electron chi connectivity index (χ2n) is 3.95. The Hall–Kier alpha value is -0.960. The van der Waals surface area contributed by atoms with Crippen molar-refractivity contribution in [1.29, 1.82) is 0 Å². The van der Waals surface area contributed by atoms with Crippen LogP contribution in [0.25, 0.3) is 0 Å². The molecule has 1 aromatic heterocycles. The Bertz CT molecular complexity index is 467. The molecule has 0 spiro atoms. The third-order valence-electron chi connectivity index (χ3n) is 2.61. The third-order valence-corrected chi connectivity index (χ3v) is 4.99. The first-order valence-corrected chi connectivity index (χ1v) is 7.74. The summed E-state index contributed by atoms with van der Waals surface area (Å²) in [7, 11) is 0. The molecule has 2 N–H and O–H groups in total. The maximum Gasteiger partial charge on any atom is 0.233 e. The molecule has 18 heavy (non-hydrogen) atoms. The van der Waals surface area contributed by atoms with Gasteiger partial charge in [0.1, 0.15) is 6.61 Å². The minimum absolute atomic E-state index is 0.122. The minimum atomic E-state index is -0.122. The zero-order valence-corrected chi connectivity index (χ0v) is 11.6. The van der Waals surface area contributed by atoms with Crippen LogP contribution in [0.1, 0.15) is 22.6 Å². The highest BCUT2D eigenvalue weighted by atomic mass is 32.2. The van der Waals surface area contributed by atoms with Gasteiger partial charge in [-0.1, -0.05) is 11.8 Å². The number of carbonyl (C=O) groups is 1. The fraction of sp³-hybridized carbons (Fsp3) is 0.462. The van der Waals surface area contributed by atoms with Crippen LogP contribution < -0.4 is 5.32 Å². The number of nitrogens with one attached hydrogen (secondary N) is 1. The van der Waals surface area contributed by atoms with Crippen molar-refractivity contribution < 1.29 is 9.90 Å². The lowest BCUT2D eigenvalue weighted by atomic mass is 10.2. The summed E-state index contributed by atoms with van der Waals surface area (Å²) in [4.78, 5) is 13.8. The van der Waals surface area contributed by atoms with E-state index in [2.05, 4.69) is 17.2 Å². The van der Waals surface area contributed by atoms with E-state index in [4.69, 9.17) is 5.11 Å². The molecule has 0 aliphatic carbocycles. The molecule has 2 heterocycles. The molecule has 96 valence electrons. The summed E-state index contributed by atoms with van der Waals surface area (Å²) in [5.74, 6) is 6.71. The van der Waals surface area contributed by atoms with Crippen LogP contribution in [-0.4, -0.2) is 28.6 Å². The van der Waals surface area contributed by atoms with Crippen molar-refractivity contribution in [1.82, 2.24) is 5.32 Å². The Labute approximate surface area is 115 Å².